The number of hydrogen-bond acceptors (Lipinski definition) is 5. The number of anilines is 1. The van der Waals surface area contributed by atoms with Crippen molar-refractivity contribution in [1.29, 1.82) is 0 Å². The Morgan fingerprint density at radius 1 is 1.08 bits per heavy atom. The molecule has 1 aliphatic rings. The highest BCUT2D eigenvalue weighted by Gasteiger charge is 2.24. The number of hydrogen-bond donors (Lipinski definition) is 3. The number of amides is 2. The molecule has 37 heavy (non-hydrogen) atoms. The lowest BCUT2D eigenvalue weighted by Crippen LogP contribution is -2.25. The molecule has 8 nitrogen and oxygen atoms in total. The Labute approximate surface area is 220 Å². The van der Waals surface area contributed by atoms with Crippen LogP contribution < -0.4 is 16.0 Å². The van der Waals surface area contributed by atoms with Gasteiger partial charge in [0.1, 0.15) is 0 Å². The highest BCUT2D eigenvalue weighted by atomic mass is 35.5. The second kappa shape index (κ2) is 10.2. The molecule has 0 bridgehead atoms. The molecule has 0 atom stereocenters. The molecule has 5 rings (SSSR count). The Morgan fingerprint density at radius 2 is 1.81 bits per heavy atom. The molecule has 2 heterocycles. The summed E-state index contributed by atoms with van der Waals surface area (Å²) in [6.07, 6.45) is 5.82. The number of imidazole rings is 1. The number of nitrogens with zero attached hydrogens (tertiary/aromatic N) is 3. The molecule has 0 aliphatic heterocycles. The van der Waals surface area contributed by atoms with E-state index >= 15 is 0 Å². The van der Waals surface area contributed by atoms with Gasteiger partial charge in [0, 0.05) is 42.5 Å². The quantitative estimate of drug-likeness (QED) is 0.305. The van der Waals surface area contributed by atoms with Crippen molar-refractivity contribution in [3.05, 3.63) is 71.0 Å². The number of fused-ring (bicyclic) bond motifs is 1. The summed E-state index contributed by atoms with van der Waals surface area (Å²) in [7, 11) is 1.57. The summed E-state index contributed by atoms with van der Waals surface area (Å²) in [6, 6.07) is 13.1. The van der Waals surface area contributed by atoms with E-state index in [1.807, 2.05) is 47.1 Å². The van der Waals surface area contributed by atoms with Gasteiger partial charge in [0.25, 0.3) is 11.8 Å². The lowest BCUT2D eigenvalue weighted by atomic mass is 10.1. The molecule has 0 spiro atoms. The Kier molecular flexibility index (Phi) is 6.84. The summed E-state index contributed by atoms with van der Waals surface area (Å²) in [4.78, 5) is 34.0. The van der Waals surface area contributed by atoms with Gasteiger partial charge in [-0.3, -0.25) is 14.0 Å². The number of nitrogens with one attached hydrogen (secondary N) is 3. The number of benzene rings is 2. The maximum Gasteiger partial charge on any atom is 0.252 e. The van der Waals surface area contributed by atoms with Gasteiger partial charge in [0.15, 0.2) is 11.5 Å². The van der Waals surface area contributed by atoms with E-state index in [0.717, 1.165) is 36.2 Å². The molecule has 0 saturated heterocycles. The first-order valence-corrected chi connectivity index (χ1v) is 12.8. The van der Waals surface area contributed by atoms with E-state index in [0.29, 0.717) is 45.3 Å². The van der Waals surface area contributed by atoms with Crippen LogP contribution in [0.15, 0.2) is 54.9 Å². The fraction of sp³-hybridized carbons (Fsp3) is 0.286. The van der Waals surface area contributed by atoms with Gasteiger partial charge in [-0.15, -0.1) is 0 Å². The lowest BCUT2D eigenvalue weighted by Gasteiger charge is -2.13. The zero-order valence-electron chi connectivity index (χ0n) is 21.0. The van der Waals surface area contributed by atoms with E-state index < -0.39 is 0 Å². The number of rotatable bonds is 8. The fourth-order valence-electron chi connectivity index (χ4n) is 4.04. The first-order valence-electron chi connectivity index (χ1n) is 12.4. The monoisotopic (exact) mass is 516 g/mol. The molecule has 1 aliphatic carbocycles. The van der Waals surface area contributed by atoms with Gasteiger partial charge in [-0.2, -0.15) is 0 Å². The van der Waals surface area contributed by atoms with Crippen molar-refractivity contribution in [2.45, 2.75) is 32.7 Å². The Bertz CT molecular complexity index is 1470. The molecule has 190 valence electrons. The van der Waals surface area contributed by atoms with Crippen molar-refractivity contribution < 1.29 is 9.59 Å². The average Bonchev–Trinajstić information content (AvgIpc) is 3.61. The molecule has 9 heteroatoms. The Morgan fingerprint density at radius 3 is 2.46 bits per heavy atom. The van der Waals surface area contributed by atoms with Crippen molar-refractivity contribution in [3.8, 4) is 22.5 Å². The van der Waals surface area contributed by atoms with Crippen LogP contribution in [0.2, 0.25) is 5.02 Å². The minimum atomic E-state index is -0.245. The van der Waals surface area contributed by atoms with Crippen LogP contribution in [-0.4, -0.2) is 45.8 Å². The van der Waals surface area contributed by atoms with Crippen molar-refractivity contribution >= 4 is 34.9 Å². The van der Waals surface area contributed by atoms with Gasteiger partial charge in [0.2, 0.25) is 0 Å². The fourth-order valence-corrected chi connectivity index (χ4v) is 4.31. The largest absolute Gasteiger partial charge is 0.367 e. The zero-order valence-corrected chi connectivity index (χ0v) is 21.8. The molecule has 3 N–H and O–H groups in total. The molecule has 2 amide bonds. The lowest BCUT2D eigenvalue weighted by molar-refractivity contribution is 0.0947. The molecule has 2 aromatic heterocycles. The third kappa shape index (κ3) is 5.29. The molecule has 1 saturated carbocycles. The molecule has 2 aromatic carbocycles. The van der Waals surface area contributed by atoms with Crippen LogP contribution in [0, 0.1) is 5.92 Å². The minimum Gasteiger partial charge on any atom is -0.367 e. The third-order valence-electron chi connectivity index (χ3n) is 6.26. The van der Waals surface area contributed by atoms with Gasteiger partial charge < -0.3 is 16.0 Å². The van der Waals surface area contributed by atoms with Crippen molar-refractivity contribution in [1.82, 2.24) is 25.0 Å². The van der Waals surface area contributed by atoms with Crippen LogP contribution >= 0.6 is 11.6 Å². The zero-order chi connectivity index (χ0) is 26.1. The van der Waals surface area contributed by atoms with Crippen LogP contribution in [0.25, 0.3) is 28.2 Å². The van der Waals surface area contributed by atoms with Crippen LogP contribution in [0.5, 0.6) is 0 Å². The van der Waals surface area contributed by atoms with Crippen LogP contribution in [0.4, 0.5) is 5.82 Å². The summed E-state index contributed by atoms with van der Waals surface area (Å²) >= 11 is 6.44. The smallest absolute Gasteiger partial charge is 0.252 e. The predicted molar refractivity (Wildman–Crippen MR) is 146 cm³/mol. The predicted octanol–water partition coefficient (Wildman–Crippen LogP) is 5.04. The molecule has 4 aromatic rings. The van der Waals surface area contributed by atoms with Gasteiger partial charge in [-0.05, 0) is 43.0 Å². The number of halogens is 1. The van der Waals surface area contributed by atoms with Crippen molar-refractivity contribution in [2.24, 2.45) is 5.92 Å². The number of carbonyl (C=O) groups excluding carboxylic acids is 2. The maximum absolute atomic E-state index is 12.4. The summed E-state index contributed by atoms with van der Waals surface area (Å²) in [6.45, 7) is 4.99. The molecular weight excluding hydrogens is 488 g/mol. The second-order valence-corrected chi connectivity index (χ2v) is 10.1. The molecule has 0 unspecified atom stereocenters. The Hall–Kier alpha value is -3.91. The van der Waals surface area contributed by atoms with E-state index in [4.69, 9.17) is 16.6 Å². The normalized spacial score (nSPS) is 13.1. The highest BCUT2D eigenvalue weighted by Crippen LogP contribution is 2.30. The topological polar surface area (TPSA) is 100 Å². The van der Waals surface area contributed by atoms with E-state index in [2.05, 4.69) is 34.8 Å². The first kappa shape index (κ1) is 24.8. The highest BCUT2D eigenvalue weighted by molar-refractivity contribution is 6.34. The molecule has 0 radical (unpaired) electrons. The van der Waals surface area contributed by atoms with Crippen LogP contribution in [0.3, 0.4) is 0 Å². The number of aromatic nitrogens is 3. The summed E-state index contributed by atoms with van der Waals surface area (Å²) in [5.74, 6) is 0.779. The summed E-state index contributed by atoms with van der Waals surface area (Å²) in [5.41, 5.74) is 4.99. The Balaban J connectivity index is 1.55. The van der Waals surface area contributed by atoms with E-state index in [1.165, 1.54) is 0 Å². The standard InChI is InChI=1S/C28H29ClN6O2/c1-16(2)13-31-25-26-32-14-24(17-4-6-18(7-5-17)27(36)33-20-9-10-20)35(26)15-23(34-25)19-8-11-21(22(29)12-19)28(37)30-3/h4-8,11-12,14-16,20H,9-10,13H2,1-3H3,(H,30,37)(H,31,34)(H,33,36). The number of carbonyl (C=O) groups is 2. The first-order chi connectivity index (χ1) is 17.8. The average molecular weight is 517 g/mol. The van der Waals surface area contributed by atoms with Gasteiger partial charge >= 0.3 is 0 Å². The van der Waals surface area contributed by atoms with E-state index in [-0.39, 0.29) is 11.8 Å². The second-order valence-electron chi connectivity index (χ2n) is 9.69. The van der Waals surface area contributed by atoms with Gasteiger partial charge in [-0.1, -0.05) is 43.6 Å². The maximum atomic E-state index is 12.4. The van der Waals surface area contributed by atoms with Crippen LogP contribution in [0.1, 0.15) is 47.4 Å². The van der Waals surface area contributed by atoms with Crippen molar-refractivity contribution in [3.63, 3.8) is 0 Å². The van der Waals surface area contributed by atoms with Crippen molar-refractivity contribution in [2.75, 3.05) is 18.9 Å². The molecular formula is C28H29ClN6O2. The summed E-state index contributed by atoms with van der Waals surface area (Å²) in [5, 5.41) is 9.39. The van der Waals surface area contributed by atoms with Crippen LogP contribution in [-0.2, 0) is 0 Å². The SMILES string of the molecule is CNC(=O)c1ccc(-c2cn3c(-c4ccc(C(=O)NC5CC5)cc4)cnc3c(NCC(C)C)n2)cc1Cl. The van der Waals surface area contributed by atoms with E-state index in [1.54, 1.807) is 19.2 Å². The van der Waals surface area contributed by atoms with E-state index in [9.17, 15) is 9.59 Å². The van der Waals surface area contributed by atoms with Gasteiger partial charge in [0.05, 0.1) is 28.2 Å². The van der Waals surface area contributed by atoms with Gasteiger partial charge in [-0.25, -0.2) is 9.97 Å². The molecule has 1 fully saturated rings. The minimum absolute atomic E-state index is 0.0454. The summed E-state index contributed by atoms with van der Waals surface area (Å²) < 4.78 is 1.99. The third-order valence-corrected chi connectivity index (χ3v) is 6.57.